The highest BCUT2D eigenvalue weighted by atomic mass is 15.2. The number of nitrogens with one attached hydrogen (secondary N) is 2. The first kappa shape index (κ1) is 16.2. The highest BCUT2D eigenvalue weighted by Gasteiger charge is 2.11. The Labute approximate surface area is 118 Å². The third kappa shape index (κ3) is 7.38. The lowest BCUT2D eigenvalue weighted by Gasteiger charge is -2.20. The van der Waals surface area contributed by atoms with Gasteiger partial charge in [0, 0.05) is 33.2 Å². The first-order valence-electron chi connectivity index (χ1n) is 7.61. The van der Waals surface area contributed by atoms with E-state index in [1.165, 1.54) is 45.6 Å². The van der Waals surface area contributed by atoms with Crippen LogP contribution in [0.25, 0.3) is 0 Å². The summed E-state index contributed by atoms with van der Waals surface area (Å²) in [6.45, 7) is 10.2. The van der Waals surface area contributed by atoms with E-state index in [1.807, 2.05) is 7.05 Å². The van der Waals surface area contributed by atoms with Gasteiger partial charge in [-0.15, -0.1) is 0 Å². The van der Waals surface area contributed by atoms with Gasteiger partial charge < -0.3 is 20.4 Å². The van der Waals surface area contributed by atoms with Gasteiger partial charge in [-0.1, -0.05) is 6.92 Å². The fourth-order valence-electron chi connectivity index (χ4n) is 2.30. The molecule has 0 aromatic heterocycles. The SMILES string of the molecule is CCCNC(=NC)NCCCN1CCCN(C)CC1. The fraction of sp³-hybridized carbons (Fsp3) is 0.929. The molecule has 0 amide bonds. The summed E-state index contributed by atoms with van der Waals surface area (Å²) in [7, 11) is 4.05. The van der Waals surface area contributed by atoms with E-state index >= 15 is 0 Å². The van der Waals surface area contributed by atoms with E-state index < -0.39 is 0 Å². The van der Waals surface area contributed by atoms with Crippen molar-refractivity contribution in [3.05, 3.63) is 0 Å². The van der Waals surface area contributed by atoms with E-state index in [1.54, 1.807) is 0 Å². The third-order valence-electron chi connectivity index (χ3n) is 3.52. The van der Waals surface area contributed by atoms with Crippen LogP contribution in [-0.2, 0) is 0 Å². The molecule has 0 saturated carbocycles. The van der Waals surface area contributed by atoms with Gasteiger partial charge in [-0.25, -0.2) is 0 Å². The average Bonchev–Trinajstić information content (AvgIpc) is 2.63. The van der Waals surface area contributed by atoms with Crippen LogP contribution in [0.15, 0.2) is 4.99 Å². The highest BCUT2D eigenvalue weighted by molar-refractivity contribution is 5.79. The van der Waals surface area contributed by atoms with E-state index in [4.69, 9.17) is 0 Å². The molecule has 2 N–H and O–H groups in total. The van der Waals surface area contributed by atoms with Crippen LogP contribution < -0.4 is 10.6 Å². The van der Waals surface area contributed by atoms with E-state index in [0.29, 0.717) is 0 Å². The molecule has 0 spiro atoms. The van der Waals surface area contributed by atoms with Crippen molar-refractivity contribution in [2.45, 2.75) is 26.2 Å². The van der Waals surface area contributed by atoms with Crippen molar-refractivity contribution in [2.24, 2.45) is 4.99 Å². The second-order valence-corrected chi connectivity index (χ2v) is 5.28. The van der Waals surface area contributed by atoms with E-state index in [2.05, 4.69) is 39.4 Å². The van der Waals surface area contributed by atoms with Gasteiger partial charge in [-0.05, 0) is 45.9 Å². The highest BCUT2D eigenvalue weighted by Crippen LogP contribution is 2.01. The Morgan fingerprint density at radius 1 is 1.11 bits per heavy atom. The molecule has 0 aromatic rings. The lowest BCUT2D eigenvalue weighted by atomic mass is 10.3. The molecule has 1 rings (SSSR count). The molecular weight excluding hydrogens is 238 g/mol. The summed E-state index contributed by atoms with van der Waals surface area (Å²) in [5.74, 6) is 0.928. The normalized spacial score (nSPS) is 19.2. The summed E-state index contributed by atoms with van der Waals surface area (Å²) in [5, 5.41) is 6.66. The van der Waals surface area contributed by atoms with Crippen molar-refractivity contribution in [1.82, 2.24) is 20.4 Å². The zero-order valence-corrected chi connectivity index (χ0v) is 12.9. The number of nitrogens with zero attached hydrogens (tertiary/aromatic N) is 3. The molecule has 0 radical (unpaired) electrons. The number of guanidine groups is 1. The Bertz CT molecular complexity index is 254. The monoisotopic (exact) mass is 269 g/mol. The van der Waals surface area contributed by atoms with Gasteiger partial charge in [0.05, 0.1) is 0 Å². The molecule has 0 unspecified atom stereocenters. The first-order valence-corrected chi connectivity index (χ1v) is 7.61. The topological polar surface area (TPSA) is 42.9 Å². The Hall–Kier alpha value is -0.810. The van der Waals surface area contributed by atoms with Crippen LogP contribution in [0.1, 0.15) is 26.2 Å². The maximum Gasteiger partial charge on any atom is 0.190 e. The molecule has 0 aliphatic carbocycles. The van der Waals surface area contributed by atoms with E-state index in [9.17, 15) is 0 Å². The number of hydrogen-bond donors (Lipinski definition) is 2. The Morgan fingerprint density at radius 3 is 2.63 bits per heavy atom. The molecule has 1 heterocycles. The summed E-state index contributed by atoms with van der Waals surface area (Å²) >= 11 is 0. The average molecular weight is 269 g/mol. The lowest BCUT2D eigenvalue weighted by molar-refractivity contribution is 0.274. The molecule has 0 bridgehead atoms. The minimum Gasteiger partial charge on any atom is -0.356 e. The molecule has 0 atom stereocenters. The van der Waals surface area contributed by atoms with Gasteiger partial charge in [0.1, 0.15) is 0 Å². The van der Waals surface area contributed by atoms with E-state index in [0.717, 1.165) is 25.5 Å². The van der Waals surface area contributed by atoms with Crippen LogP contribution in [0, 0.1) is 0 Å². The predicted molar refractivity (Wildman–Crippen MR) is 82.8 cm³/mol. The van der Waals surface area contributed by atoms with Crippen LogP contribution >= 0.6 is 0 Å². The Balaban J connectivity index is 2.09. The smallest absolute Gasteiger partial charge is 0.190 e. The van der Waals surface area contributed by atoms with Crippen molar-refractivity contribution < 1.29 is 0 Å². The number of aliphatic imine (C=N–C) groups is 1. The molecule has 1 saturated heterocycles. The third-order valence-corrected chi connectivity index (χ3v) is 3.52. The molecule has 1 aliphatic heterocycles. The number of hydrogen-bond acceptors (Lipinski definition) is 3. The largest absolute Gasteiger partial charge is 0.356 e. The molecule has 112 valence electrons. The second-order valence-electron chi connectivity index (χ2n) is 5.28. The fourth-order valence-corrected chi connectivity index (χ4v) is 2.30. The summed E-state index contributed by atoms with van der Waals surface area (Å²) in [4.78, 5) is 9.21. The van der Waals surface area contributed by atoms with Crippen LogP contribution in [0.3, 0.4) is 0 Å². The Morgan fingerprint density at radius 2 is 1.89 bits per heavy atom. The maximum absolute atomic E-state index is 4.21. The molecule has 5 heteroatoms. The van der Waals surface area contributed by atoms with Crippen LogP contribution in [0.4, 0.5) is 0 Å². The maximum atomic E-state index is 4.21. The Kier molecular flexibility index (Phi) is 8.58. The zero-order chi connectivity index (χ0) is 13.9. The predicted octanol–water partition coefficient (Wildman–Crippen LogP) is 0.589. The van der Waals surface area contributed by atoms with Gasteiger partial charge >= 0.3 is 0 Å². The van der Waals surface area contributed by atoms with Crippen LogP contribution in [0.2, 0.25) is 0 Å². The molecule has 5 nitrogen and oxygen atoms in total. The van der Waals surface area contributed by atoms with Crippen LogP contribution in [-0.4, -0.2) is 75.7 Å². The van der Waals surface area contributed by atoms with Gasteiger partial charge in [0.25, 0.3) is 0 Å². The van der Waals surface area contributed by atoms with Crippen LogP contribution in [0.5, 0.6) is 0 Å². The first-order chi connectivity index (χ1) is 9.26. The second kappa shape index (κ2) is 10.0. The van der Waals surface area contributed by atoms with Gasteiger partial charge in [0.2, 0.25) is 0 Å². The van der Waals surface area contributed by atoms with Gasteiger partial charge in [-0.3, -0.25) is 4.99 Å². The summed E-state index contributed by atoms with van der Waals surface area (Å²) in [6, 6.07) is 0. The van der Waals surface area contributed by atoms with E-state index in [-0.39, 0.29) is 0 Å². The molecule has 0 aromatic carbocycles. The lowest BCUT2D eigenvalue weighted by Crippen LogP contribution is -2.39. The van der Waals surface area contributed by atoms with Crippen molar-refractivity contribution in [1.29, 1.82) is 0 Å². The van der Waals surface area contributed by atoms with Crippen molar-refractivity contribution in [3.63, 3.8) is 0 Å². The van der Waals surface area contributed by atoms with Crippen molar-refractivity contribution in [3.8, 4) is 0 Å². The van der Waals surface area contributed by atoms with Crippen molar-refractivity contribution >= 4 is 5.96 Å². The summed E-state index contributed by atoms with van der Waals surface area (Å²) in [5.41, 5.74) is 0. The van der Waals surface area contributed by atoms with Gasteiger partial charge in [0.15, 0.2) is 5.96 Å². The minimum atomic E-state index is 0.928. The number of rotatable bonds is 6. The molecule has 19 heavy (non-hydrogen) atoms. The summed E-state index contributed by atoms with van der Waals surface area (Å²) in [6.07, 6.45) is 3.60. The minimum absolute atomic E-state index is 0.928. The standard InChI is InChI=1S/C14H31N5/c1-4-7-16-14(15-2)17-8-5-10-19-11-6-9-18(3)12-13-19/h4-13H2,1-3H3,(H2,15,16,17). The zero-order valence-electron chi connectivity index (χ0n) is 12.9. The quantitative estimate of drug-likeness (QED) is 0.421. The van der Waals surface area contributed by atoms with Crippen molar-refractivity contribution in [2.75, 3.05) is 59.9 Å². The molecule has 1 fully saturated rings. The number of likely N-dealkylation sites (N-methyl/N-ethyl adjacent to an activating group) is 1. The molecular formula is C14H31N5. The molecule has 1 aliphatic rings. The summed E-state index contributed by atoms with van der Waals surface area (Å²) < 4.78 is 0. The van der Waals surface area contributed by atoms with Gasteiger partial charge in [-0.2, -0.15) is 0 Å².